The molecule has 6 heteroatoms. The van der Waals surface area contributed by atoms with E-state index in [0.29, 0.717) is 23.6 Å². The van der Waals surface area contributed by atoms with Crippen molar-refractivity contribution in [3.63, 3.8) is 0 Å². The number of rotatable bonds is 5. The number of aryl methyl sites for hydroxylation is 1. The van der Waals surface area contributed by atoms with Gasteiger partial charge in [0.05, 0.1) is 17.0 Å². The summed E-state index contributed by atoms with van der Waals surface area (Å²) in [5.74, 6) is 0.204. The Bertz CT molecular complexity index is 644. The first-order valence-electron chi connectivity index (χ1n) is 6.68. The highest BCUT2D eigenvalue weighted by atomic mass is 16.5. The molecule has 2 rings (SSSR count). The summed E-state index contributed by atoms with van der Waals surface area (Å²) in [4.78, 5) is 19.8. The van der Waals surface area contributed by atoms with Crippen molar-refractivity contribution in [2.24, 2.45) is 5.73 Å². The van der Waals surface area contributed by atoms with Gasteiger partial charge in [0.15, 0.2) is 0 Å². The van der Waals surface area contributed by atoms with E-state index >= 15 is 0 Å². The number of hydrogen-bond donors (Lipinski definition) is 2. The van der Waals surface area contributed by atoms with Crippen molar-refractivity contribution in [2.45, 2.75) is 26.4 Å². The van der Waals surface area contributed by atoms with Gasteiger partial charge < -0.3 is 16.2 Å². The molecule has 1 atom stereocenters. The number of ether oxygens (including phenoxy) is 1. The highest BCUT2D eigenvalue weighted by Gasteiger charge is 2.23. The van der Waals surface area contributed by atoms with E-state index in [1.807, 2.05) is 37.3 Å². The molecule has 0 saturated heterocycles. The number of primary amides is 1. The zero-order valence-corrected chi connectivity index (χ0v) is 12.0. The second kappa shape index (κ2) is 6.21. The maximum absolute atomic E-state index is 11.7. The minimum absolute atomic E-state index is 0.0996. The molecule has 1 aromatic carbocycles. The number of anilines is 1. The third-order valence-corrected chi connectivity index (χ3v) is 3.08. The topological polar surface area (TPSA) is 104 Å². The number of benzene rings is 1. The molecule has 110 valence electrons. The fraction of sp³-hybridized carbons (Fsp3) is 0.267. The van der Waals surface area contributed by atoms with Crippen LogP contribution in [-0.2, 0) is 0 Å². The van der Waals surface area contributed by atoms with Gasteiger partial charge in [0, 0.05) is 0 Å². The zero-order chi connectivity index (χ0) is 15.4. The van der Waals surface area contributed by atoms with E-state index in [1.54, 1.807) is 6.92 Å². The Morgan fingerprint density at radius 1 is 1.29 bits per heavy atom. The Morgan fingerprint density at radius 2 is 1.95 bits per heavy atom. The van der Waals surface area contributed by atoms with Gasteiger partial charge >= 0.3 is 0 Å². The summed E-state index contributed by atoms with van der Waals surface area (Å²) in [6.45, 7) is 3.61. The van der Waals surface area contributed by atoms with E-state index in [-0.39, 0.29) is 11.5 Å². The van der Waals surface area contributed by atoms with E-state index < -0.39 is 12.0 Å². The summed E-state index contributed by atoms with van der Waals surface area (Å²) in [6, 6.07) is 9.32. The first kappa shape index (κ1) is 14.8. The van der Waals surface area contributed by atoms with Gasteiger partial charge in [-0.2, -0.15) is 0 Å². The Balaban J connectivity index is 2.44. The molecule has 0 aliphatic rings. The molecule has 1 aromatic heterocycles. The molecule has 0 aliphatic carbocycles. The molecular formula is C15H18N4O2. The fourth-order valence-electron chi connectivity index (χ4n) is 2.15. The van der Waals surface area contributed by atoms with Crippen LogP contribution in [0.25, 0.3) is 0 Å². The van der Waals surface area contributed by atoms with Gasteiger partial charge in [-0.1, -0.05) is 25.1 Å². The molecule has 6 nitrogen and oxygen atoms in total. The Hall–Kier alpha value is -2.63. The summed E-state index contributed by atoms with van der Waals surface area (Å²) in [7, 11) is 0. The minimum Gasteiger partial charge on any atom is -0.484 e. The molecule has 0 bridgehead atoms. The van der Waals surface area contributed by atoms with Crippen molar-refractivity contribution in [1.82, 2.24) is 9.97 Å². The molecule has 1 amide bonds. The number of nitrogens with two attached hydrogens (primary N) is 2. The smallest absolute Gasteiger partial charge is 0.252 e. The number of nitrogens with zero attached hydrogens (tertiary/aromatic N) is 2. The van der Waals surface area contributed by atoms with Crippen LogP contribution in [0.4, 0.5) is 5.95 Å². The maximum atomic E-state index is 11.7. The van der Waals surface area contributed by atoms with Crippen molar-refractivity contribution >= 4 is 11.9 Å². The van der Waals surface area contributed by atoms with Crippen LogP contribution in [0.5, 0.6) is 5.75 Å². The maximum Gasteiger partial charge on any atom is 0.252 e. The third-order valence-electron chi connectivity index (χ3n) is 3.08. The molecule has 4 N–H and O–H groups in total. The second-order valence-corrected chi connectivity index (χ2v) is 4.62. The lowest BCUT2D eigenvalue weighted by Crippen LogP contribution is -2.22. The molecule has 0 fully saturated rings. The number of hydrogen-bond acceptors (Lipinski definition) is 5. The monoisotopic (exact) mass is 286 g/mol. The lowest BCUT2D eigenvalue weighted by Gasteiger charge is -2.20. The van der Waals surface area contributed by atoms with Gasteiger partial charge in [-0.25, -0.2) is 9.97 Å². The number of para-hydroxylation sites is 1. The van der Waals surface area contributed by atoms with E-state index in [2.05, 4.69) is 9.97 Å². The predicted octanol–water partition coefficient (Wildman–Crippen LogP) is 2.00. The molecule has 21 heavy (non-hydrogen) atoms. The largest absolute Gasteiger partial charge is 0.484 e. The first-order valence-corrected chi connectivity index (χ1v) is 6.68. The van der Waals surface area contributed by atoms with Gasteiger partial charge in [0.1, 0.15) is 11.9 Å². The minimum atomic E-state index is -0.586. The predicted molar refractivity (Wildman–Crippen MR) is 79.8 cm³/mol. The Kier molecular flexibility index (Phi) is 4.37. The molecule has 0 spiro atoms. The van der Waals surface area contributed by atoms with Crippen LogP contribution in [0, 0.1) is 6.92 Å². The van der Waals surface area contributed by atoms with E-state index in [4.69, 9.17) is 16.2 Å². The molecular weight excluding hydrogens is 268 g/mol. The number of amides is 1. The summed E-state index contributed by atoms with van der Waals surface area (Å²) in [6.07, 6.45) is 0.198. The van der Waals surface area contributed by atoms with Crippen LogP contribution >= 0.6 is 0 Å². The quantitative estimate of drug-likeness (QED) is 0.874. The first-order chi connectivity index (χ1) is 10.0. The van der Waals surface area contributed by atoms with Gasteiger partial charge in [0.2, 0.25) is 5.95 Å². The zero-order valence-electron chi connectivity index (χ0n) is 12.0. The van der Waals surface area contributed by atoms with Crippen molar-refractivity contribution in [2.75, 3.05) is 5.73 Å². The molecule has 2 aromatic rings. The number of aromatic nitrogens is 2. The molecule has 1 heterocycles. The second-order valence-electron chi connectivity index (χ2n) is 4.62. The summed E-state index contributed by atoms with van der Waals surface area (Å²) < 4.78 is 5.90. The summed E-state index contributed by atoms with van der Waals surface area (Å²) >= 11 is 0. The van der Waals surface area contributed by atoms with E-state index in [1.165, 1.54) is 0 Å². The van der Waals surface area contributed by atoms with Crippen molar-refractivity contribution in [3.8, 4) is 5.75 Å². The average Bonchev–Trinajstić information content (AvgIpc) is 2.44. The van der Waals surface area contributed by atoms with Gasteiger partial charge in [-0.05, 0) is 25.5 Å². The van der Waals surface area contributed by atoms with E-state index in [9.17, 15) is 4.79 Å². The number of carbonyl (C=O) groups is 1. The standard InChI is InChI=1S/C15H18N4O2/c1-3-11(21-10-7-5-4-6-8-10)13-12(14(16)20)9(2)18-15(17)19-13/h4-8,11H,3H2,1-2H3,(H2,16,20)(H2,17,18,19). The van der Waals surface area contributed by atoms with Crippen LogP contribution in [0.2, 0.25) is 0 Å². The van der Waals surface area contributed by atoms with Gasteiger partial charge in [-0.15, -0.1) is 0 Å². The molecule has 0 aliphatic heterocycles. The highest BCUT2D eigenvalue weighted by Crippen LogP contribution is 2.27. The summed E-state index contributed by atoms with van der Waals surface area (Å²) in [5.41, 5.74) is 12.3. The Labute approximate surface area is 123 Å². The van der Waals surface area contributed by atoms with Gasteiger partial charge in [0.25, 0.3) is 5.91 Å². The van der Waals surface area contributed by atoms with Crippen LogP contribution in [-0.4, -0.2) is 15.9 Å². The lowest BCUT2D eigenvalue weighted by molar-refractivity contribution is 0.0992. The molecule has 0 radical (unpaired) electrons. The SMILES string of the molecule is CCC(Oc1ccccc1)c1nc(N)nc(C)c1C(N)=O. The van der Waals surface area contributed by atoms with Gasteiger partial charge in [-0.3, -0.25) is 4.79 Å². The average molecular weight is 286 g/mol. The molecule has 0 saturated carbocycles. The summed E-state index contributed by atoms with van der Waals surface area (Å²) in [5, 5.41) is 0. The van der Waals surface area contributed by atoms with Crippen LogP contribution in [0.1, 0.15) is 41.2 Å². The number of carbonyl (C=O) groups excluding carboxylic acids is 1. The van der Waals surface area contributed by atoms with Crippen molar-refractivity contribution in [3.05, 3.63) is 47.3 Å². The molecule has 1 unspecified atom stereocenters. The van der Waals surface area contributed by atoms with Crippen molar-refractivity contribution < 1.29 is 9.53 Å². The normalized spacial score (nSPS) is 11.9. The third kappa shape index (κ3) is 3.28. The van der Waals surface area contributed by atoms with Crippen LogP contribution in [0.3, 0.4) is 0 Å². The van der Waals surface area contributed by atoms with Crippen LogP contribution in [0.15, 0.2) is 30.3 Å². The highest BCUT2D eigenvalue weighted by molar-refractivity contribution is 5.95. The van der Waals surface area contributed by atoms with Crippen molar-refractivity contribution in [1.29, 1.82) is 0 Å². The Morgan fingerprint density at radius 3 is 2.52 bits per heavy atom. The fourth-order valence-corrected chi connectivity index (χ4v) is 2.15. The van der Waals surface area contributed by atoms with E-state index in [0.717, 1.165) is 0 Å². The van der Waals surface area contributed by atoms with Crippen LogP contribution < -0.4 is 16.2 Å². The number of nitrogen functional groups attached to an aromatic ring is 1. The lowest BCUT2D eigenvalue weighted by atomic mass is 10.1.